The van der Waals surface area contributed by atoms with E-state index in [1.54, 1.807) is 19.1 Å². The quantitative estimate of drug-likeness (QED) is 0.643. The second-order valence-corrected chi connectivity index (χ2v) is 5.90. The van der Waals surface area contributed by atoms with Gasteiger partial charge < -0.3 is 14.6 Å². The van der Waals surface area contributed by atoms with Gasteiger partial charge in [-0.05, 0) is 49.4 Å². The zero-order valence-electron chi connectivity index (χ0n) is 13.4. The van der Waals surface area contributed by atoms with Crippen molar-refractivity contribution < 1.29 is 29.0 Å². The van der Waals surface area contributed by atoms with E-state index in [4.69, 9.17) is 4.74 Å². The summed E-state index contributed by atoms with van der Waals surface area (Å²) in [5, 5.41) is 9.16. The summed E-state index contributed by atoms with van der Waals surface area (Å²) in [7, 11) is 1.19. The third-order valence-corrected chi connectivity index (χ3v) is 4.22. The molecule has 0 unspecified atom stereocenters. The summed E-state index contributed by atoms with van der Waals surface area (Å²) in [5.41, 5.74) is 0.590. The van der Waals surface area contributed by atoms with Gasteiger partial charge in [-0.25, -0.2) is 4.79 Å². The van der Waals surface area contributed by atoms with Crippen LogP contribution in [0.15, 0.2) is 23.1 Å². The lowest BCUT2D eigenvalue weighted by molar-refractivity contribution is -0.148. The van der Waals surface area contributed by atoms with Gasteiger partial charge in [0.05, 0.1) is 18.6 Å². The summed E-state index contributed by atoms with van der Waals surface area (Å²) in [6, 6.07) is 3.61. The molecule has 1 aliphatic rings. The topological polar surface area (TPSA) is 93.1 Å². The second kappa shape index (κ2) is 7.39. The molecule has 0 saturated carbocycles. The molecule has 1 aromatic rings. The lowest BCUT2D eigenvalue weighted by Gasteiger charge is -2.18. The van der Waals surface area contributed by atoms with Gasteiger partial charge in [0.2, 0.25) is 0 Å². The second-order valence-electron chi connectivity index (χ2n) is 4.91. The van der Waals surface area contributed by atoms with Gasteiger partial charge in [-0.15, -0.1) is 0 Å². The predicted octanol–water partition coefficient (Wildman–Crippen LogP) is 2.39. The fourth-order valence-electron chi connectivity index (χ4n) is 2.13. The Morgan fingerprint density at radius 1 is 1.42 bits per heavy atom. The normalized spacial score (nSPS) is 17.3. The van der Waals surface area contributed by atoms with E-state index in [0.717, 1.165) is 16.7 Å². The molecule has 0 radical (unpaired) electrons. The summed E-state index contributed by atoms with van der Waals surface area (Å²) in [4.78, 5) is 37.0. The molecule has 2 rings (SSSR count). The summed E-state index contributed by atoms with van der Waals surface area (Å²) < 4.78 is 9.86. The fraction of sp³-hybridized carbons (Fsp3) is 0.312. The SMILES string of the molecule is CCOc1cc(/C=C2\SC(=O)N([C@H](C)C(=O)OC)C2=O)ccc1O. The minimum absolute atomic E-state index is 0.0126. The number of hydrogen-bond donors (Lipinski definition) is 1. The molecule has 128 valence electrons. The average Bonchev–Trinajstić information content (AvgIpc) is 2.83. The van der Waals surface area contributed by atoms with Gasteiger partial charge in [-0.3, -0.25) is 14.5 Å². The van der Waals surface area contributed by atoms with Crippen molar-refractivity contribution in [3.63, 3.8) is 0 Å². The van der Waals surface area contributed by atoms with E-state index < -0.39 is 23.2 Å². The van der Waals surface area contributed by atoms with Crippen molar-refractivity contribution in [2.75, 3.05) is 13.7 Å². The Morgan fingerprint density at radius 3 is 2.75 bits per heavy atom. The number of benzene rings is 1. The third kappa shape index (κ3) is 3.53. The van der Waals surface area contributed by atoms with Crippen LogP contribution in [0.4, 0.5) is 4.79 Å². The van der Waals surface area contributed by atoms with Gasteiger partial charge in [0.1, 0.15) is 6.04 Å². The van der Waals surface area contributed by atoms with Gasteiger partial charge in [-0.1, -0.05) is 6.07 Å². The largest absolute Gasteiger partial charge is 0.504 e. The first kappa shape index (κ1) is 17.9. The highest BCUT2D eigenvalue weighted by molar-refractivity contribution is 8.18. The van der Waals surface area contributed by atoms with Crippen LogP contribution in [-0.2, 0) is 14.3 Å². The number of phenolic OH excluding ortho intramolecular Hbond substituents is 1. The van der Waals surface area contributed by atoms with E-state index in [-0.39, 0.29) is 16.4 Å². The third-order valence-electron chi connectivity index (χ3n) is 3.33. The Kier molecular flexibility index (Phi) is 5.50. The van der Waals surface area contributed by atoms with Crippen LogP contribution in [0, 0.1) is 0 Å². The zero-order chi connectivity index (χ0) is 17.9. The number of phenols is 1. The molecule has 1 aromatic carbocycles. The molecule has 1 heterocycles. The molecule has 0 spiro atoms. The van der Waals surface area contributed by atoms with Crippen molar-refractivity contribution in [3.8, 4) is 11.5 Å². The first-order valence-corrected chi connectivity index (χ1v) is 8.01. The molecule has 0 bridgehead atoms. The smallest absolute Gasteiger partial charge is 0.328 e. The highest BCUT2D eigenvalue weighted by Crippen LogP contribution is 2.35. The molecule has 0 aromatic heterocycles. The lowest BCUT2D eigenvalue weighted by Crippen LogP contribution is -2.42. The monoisotopic (exact) mass is 351 g/mol. The number of carbonyl (C=O) groups is 3. The van der Waals surface area contributed by atoms with Crippen molar-refractivity contribution in [1.29, 1.82) is 0 Å². The fourth-order valence-corrected chi connectivity index (χ4v) is 3.04. The Morgan fingerprint density at radius 2 is 2.12 bits per heavy atom. The Hall–Kier alpha value is -2.48. The standard InChI is InChI=1S/C16H17NO6S/c1-4-23-12-7-10(5-6-11(12)18)8-13-14(19)17(16(21)24-13)9(2)15(20)22-3/h5-9,18H,4H2,1-3H3/b13-8-/t9-/m1/s1. The number of rotatable bonds is 5. The lowest BCUT2D eigenvalue weighted by atomic mass is 10.1. The molecule has 1 saturated heterocycles. The number of nitrogens with zero attached hydrogens (tertiary/aromatic N) is 1. The Bertz CT molecular complexity index is 715. The van der Waals surface area contributed by atoms with Crippen LogP contribution in [0.3, 0.4) is 0 Å². The maximum Gasteiger partial charge on any atom is 0.328 e. The number of thioether (sulfide) groups is 1. The van der Waals surface area contributed by atoms with Crippen molar-refractivity contribution in [3.05, 3.63) is 28.7 Å². The van der Waals surface area contributed by atoms with E-state index in [0.29, 0.717) is 12.2 Å². The van der Waals surface area contributed by atoms with Crippen LogP contribution >= 0.6 is 11.8 Å². The maximum absolute atomic E-state index is 12.4. The van der Waals surface area contributed by atoms with Crippen LogP contribution in [0.5, 0.6) is 11.5 Å². The summed E-state index contributed by atoms with van der Waals surface area (Å²) in [6.45, 7) is 3.59. The van der Waals surface area contributed by atoms with E-state index in [1.165, 1.54) is 26.2 Å². The predicted molar refractivity (Wildman–Crippen MR) is 88.6 cm³/mol. The number of imide groups is 1. The summed E-state index contributed by atoms with van der Waals surface area (Å²) >= 11 is 0.744. The summed E-state index contributed by atoms with van der Waals surface area (Å²) in [6.07, 6.45) is 1.51. The van der Waals surface area contributed by atoms with Crippen LogP contribution in [0.1, 0.15) is 19.4 Å². The maximum atomic E-state index is 12.4. The number of carbonyl (C=O) groups excluding carboxylic acids is 3. The molecule has 24 heavy (non-hydrogen) atoms. The van der Waals surface area contributed by atoms with Crippen molar-refractivity contribution in [2.24, 2.45) is 0 Å². The van der Waals surface area contributed by atoms with Crippen LogP contribution < -0.4 is 4.74 Å². The Balaban J connectivity index is 2.29. The highest BCUT2D eigenvalue weighted by atomic mass is 32.2. The molecule has 8 heteroatoms. The van der Waals surface area contributed by atoms with Crippen LogP contribution in [0.25, 0.3) is 6.08 Å². The van der Waals surface area contributed by atoms with Crippen molar-refractivity contribution in [1.82, 2.24) is 4.90 Å². The molecular weight excluding hydrogens is 334 g/mol. The van der Waals surface area contributed by atoms with E-state index >= 15 is 0 Å². The first-order valence-electron chi connectivity index (χ1n) is 7.19. The van der Waals surface area contributed by atoms with Gasteiger partial charge >= 0.3 is 5.97 Å². The molecule has 1 N–H and O–H groups in total. The number of ether oxygens (including phenoxy) is 2. The van der Waals surface area contributed by atoms with Gasteiger partial charge in [0.15, 0.2) is 11.5 Å². The van der Waals surface area contributed by atoms with Crippen molar-refractivity contribution >= 4 is 35.0 Å². The Labute approximate surface area is 143 Å². The van der Waals surface area contributed by atoms with Crippen LogP contribution in [0.2, 0.25) is 0 Å². The number of aromatic hydroxyl groups is 1. The molecule has 1 atom stereocenters. The van der Waals surface area contributed by atoms with E-state index in [9.17, 15) is 19.5 Å². The van der Waals surface area contributed by atoms with Crippen LogP contribution in [-0.4, -0.2) is 46.9 Å². The molecule has 1 aliphatic heterocycles. The molecule has 1 fully saturated rings. The molecule has 7 nitrogen and oxygen atoms in total. The average molecular weight is 351 g/mol. The van der Waals surface area contributed by atoms with Gasteiger partial charge in [0.25, 0.3) is 11.1 Å². The van der Waals surface area contributed by atoms with E-state index in [2.05, 4.69) is 4.74 Å². The minimum Gasteiger partial charge on any atom is -0.504 e. The van der Waals surface area contributed by atoms with Gasteiger partial charge in [0, 0.05) is 0 Å². The molecular formula is C16H17NO6S. The highest BCUT2D eigenvalue weighted by Gasteiger charge is 2.41. The number of amides is 2. The minimum atomic E-state index is -0.993. The number of methoxy groups -OCH3 is 1. The number of esters is 1. The molecule has 0 aliphatic carbocycles. The zero-order valence-corrected chi connectivity index (χ0v) is 14.3. The summed E-state index contributed by atoms with van der Waals surface area (Å²) in [5.74, 6) is -0.953. The van der Waals surface area contributed by atoms with Crippen molar-refractivity contribution in [2.45, 2.75) is 19.9 Å². The first-order chi connectivity index (χ1) is 11.4. The van der Waals surface area contributed by atoms with Gasteiger partial charge in [-0.2, -0.15) is 0 Å². The van der Waals surface area contributed by atoms with E-state index in [1.807, 2.05) is 0 Å². The molecule has 2 amide bonds. The number of hydrogen-bond acceptors (Lipinski definition) is 7.